The maximum atomic E-state index is 13.7. The standard InChI is InChI=1S/C14H13FN2O3S/c1-20-13-4-3-11(17(18)19)6-9(13)8-21-14-5-2-10(16)7-12(14)15/h2-7H,8,16H2,1H3. The highest BCUT2D eigenvalue weighted by molar-refractivity contribution is 7.98. The van der Waals surface area contributed by atoms with Gasteiger partial charge in [-0.1, -0.05) is 0 Å². The van der Waals surface area contributed by atoms with Gasteiger partial charge < -0.3 is 10.5 Å². The highest BCUT2D eigenvalue weighted by Crippen LogP contribution is 2.32. The third-order valence-electron chi connectivity index (χ3n) is 2.81. The number of nitrogens with two attached hydrogens (primary N) is 1. The number of methoxy groups -OCH3 is 1. The van der Waals surface area contributed by atoms with E-state index >= 15 is 0 Å². The van der Waals surface area contributed by atoms with E-state index in [4.69, 9.17) is 10.5 Å². The first-order chi connectivity index (χ1) is 10.0. The SMILES string of the molecule is COc1ccc([N+](=O)[O-])cc1CSc1ccc(N)cc1F. The molecule has 2 aromatic carbocycles. The van der Waals surface area contributed by atoms with E-state index in [1.54, 1.807) is 12.1 Å². The monoisotopic (exact) mass is 308 g/mol. The van der Waals surface area contributed by atoms with E-state index in [-0.39, 0.29) is 5.69 Å². The van der Waals surface area contributed by atoms with Crippen LogP contribution in [0.4, 0.5) is 15.8 Å². The van der Waals surface area contributed by atoms with Gasteiger partial charge in [0.25, 0.3) is 5.69 Å². The number of non-ortho nitro benzene ring substituents is 1. The predicted molar refractivity (Wildman–Crippen MR) is 80.0 cm³/mol. The molecule has 0 aliphatic rings. The Balaban J connectivity index is 2.22. The molecule has 21 heavy (non-hydrogen) atoms. The van der Waals surface area contributed by atoms with E-state index in [2.05, 4.69) is 0 Å². The molecular formula is C14H13FN2O3S. The number of anilines is 1. The van der Waals surface area contributed by atoms with Crippen molar-refractivity contribution < 1.29 is 14.1 Å². The number of nitrogen functional groups attached to an aromatic ring is 1. The number of rotatable bonds is 5. The van der Waals surface area contributed by atoms with Gasteiger partial charge in [-0.2, -0.15) is 0 Å². The zero-order chi connectivity index (χ0) is 15.4. The summed E-state index contributed by atoms with van der Waals surface area (Å²) in [6.45, 7) is 0. The normalized spacial score (nSPS) is 10.4. The Bertz CT molecular complexity index is 679. The van der Waals surface area contributed by atoms with E-state index in [0.717, 1.165) is 0 Å². The minimum atomic E-state index is -0.475. The molecule has 0 heterocycles. The molecular weight excluding hydrogens is 295 g/mol. The quantitative estimate of drug-likeness (QED) is 0.395. The van der Waals surface area contributed by atoms with Crippen LogP contribution in [0.15, 0.2) is 41.3 Å². The number of halogens is 1. The van der Waals surface area contributed by atoms with Gasteiger partial charge in [0.15, 0.2) is 0 Å². The van der Waals surface area contributed by atoms with Crippen molar-refractivity contribution in [3.63, 3.8) is 0 Å². The van der Waals surface area contributed by atoms with Crippen LogP contribution in [0.3, 0.4) is 0 Å². The van der Waals surface area contributed by atoms with Crippen molar-refractivity contribution in [2.75, 3.05) is 12.8 Å². The summed E-state index contributed by atoms with van der Waals surface area (Å²) in [7, 11) is 1.49. The molecule has 0 saturated carbocycles. The fourth-order valence-electron chi connectivity index (χ4n) is 1.78. The van der Waals surface area contributed by atoms with E-state index < -0.39 is 10.7 Å². The second kappa shape index (κ2) is 6.45. The highest BCUT2D eigenvalue weighted by Gasteiger charge is 2.12. The van der Waals surface area contributed by atoms with E-state index in [1.165, 1.54) is 43.1 Å². The third-order valence-corrected chi connectivity index (χ3v) is 3.91. The summed E-state index contributed by atoms with van der Waals surface area (Å²) >= 11 is 1.23. The van der Waals surface area contributed by atoms with Crippen LogP contribution >= 0.6 is 11.8 Å². The number of nitrogens with zero attached hydrogens (tertiary/aromatic N) is 1. The summed E-state index contributed by atoms with van der Waals surface area (Å²) < 4.78 is 18.9. The van der Waals surface area contributed by atoms with Crippen molar-refractivity contribution in [2.24, 2.45) is 0 Å². The number of nitro benzene ring substituents is 1. The Morgan fingerprint density at radius 2 is 2.10 bits per heavy atom. The zero-order valence-corrected chi connectivity index (χ0v) is 12.0. The average molecular weight is 308 g/mol. The molecule has 2 N–H and O–H groups in total. The molecule has 5 nitrogen and oxygen atoms in total. The second-order valence-electron chi connectivity index (χ2n) is 4.23. The average Bonchev–Trinajstić information content (AvgIpc) is 2.46. The van der Waals surface area contributed by atoms with Gasteiger partial charge in [0, 0.05) is 34.0 Å². The summed E-state index contributed by atoms with van der Waals surface area (Å²) in [6, 6.07) is 8.77. The maximum absolute atomic E-state index is 13.7. The van der Waals surface area contributed by atoms with Crippen molar-refractivity contribution in [1.82, 2.24) is 0 Å². The third kappa shape index (κ3) is 3.63. The molecule has 0 radical (unpaired) electrons. The number of hydrogen-bond donors (Lipinski definition) is 1. The van der Waals surface area contributed by atoms with Crippen LogP contribution in [0, 0.1) is 15.9 Å². The van der Waals surface area contributed by atoms with Crippen molar-refractivity contribution in [3.05, 3.63) is 57.9 Å². The fourth-order valence-corrected chi connectivity index (χ4v) is 2.68. The molecule has 0 spiro atoms. The molecule has 0 aromatic heterocycles. The number of hydrogen-bond acceptors (Lipinski definition) is 5. The van der Waals surface area contributed by atoms with Crippen LogP contribution in [-0.2, 0) is 5.75 Å². The van der Waals surface area contributed by atoms with E-state index in [9.17, 15) is 14.5 Å². The topological polar surface area (TPSA) is 78.4 Å². The predicted octanol–water partition coefficient (Wildman–Crippen LogP) is 3.62. The zero-order valence-electron chi connectivity index (χ0n) is 11.2. The number of benzene rings is 2. The summed E-state index contributed by atoms with van der Waals surface area (Å²) in [5.41, 5.74) is 6.45. The molecule has 0 unspecified atom stereocenters. The molecule has 0 aliphatic heterocycles. The van der Waals surface area contributed by atoms with Crippen molar-refractivity contribution >= 4 is 23.1 Å². The summed E-state index contributed by atoms with van der Waals surface area (Å²) in [6.07, 6.45) is 0. The smallest absolute Gasteiger partial charge is 0.270 e. The maximum Gasteiger partial charge on any atom is 0.270 e. The second-order valence-corrected chi connectivity index (χ2v) is 5.25. The fraction of sp³-hybridized carbons (Fsp3) is 0.143. The van der Waals surface area contributed by atoms with Crippen LogP contribution in [0.2, 0.25) is 0 Å². The largest absolute Gasteiger partial charge is 0.496 e. The van der Waals surface area contributed by atoms with Crippen LogP contribution < -0.4 is 10.5 Å². The van der Waals surface area contributed by atoms with Crippen LogP contribution in [-0.4, -0.2) is 12.0 Å². The molecule has 0 aliphatic carbocycles. The van der Waals surface area contributed by atoms with Gasteiger partial charge in [0.1, 0.15) is 11.6 Å². The minimum absolute atomic E-state index is 0.0239. The summed E-state index contributed by atoms with van der Waals surface area (Å²) in [4.78, 5) is 10.8. The first-order valence-electron chi connectivity index (χ1n) is 6.00. The van der Waals surface area contributed by atoms with Gasteiger partial charge in [-0.15, -0.1) is 11.8 Å². The van der Waals surface area contributed by atoms with Crippen LogP contribution in [0.25, 0.3) is 0 Å². The Morgan fingerprint density at radius 3 is 2.71 bits per heavy atom. The number of ether oxygens (including phenoxy) is 1. The van der Waals surface area contributed by atoms with Crippen molar-refractivity contribution in [2.45, 2.75) is 10.6 Å². The van der Waals surface area contributed by atoms with Gasteiger partial charge in [-0.05, 0) is 24.3 Å². The van der Waals surface area contributed by atoms with Gasteiger partial charge in [-0.25, -0.2) is 4.39 Å². The molecule has 0 saturated heterocycles. The Kier molecular flexibility index (Phi) is 4.64. The van der Waals surface area contributed by atoms with Gasteiger partial charge >= 0.3 is 0 Å². The number of nitro groups is 1. The van der Waals surface area contributed by atoms with Crippen LogP contribution in [0.5, 0.6) is 5.75 Å². The molecule has 0 atom stereocenters. The first-order valence-corrected chi connectivity index (χ1v) is 6.99. The van der Waals surface area contributed by atoms with Crippen molar-refractivity contribution in [3.8, 4) is 5.75 Å². The van der Waals surface area contributed by atoms with Gasteiger partial charge in [-0.3, -0.25) is 10.1 Å². The minimum Gasteiger partial charge on any atom is -0.496 e. The lowest BCUT2D eigenvalue weighted by Gasteiger charge is -2.09. The molecule has 2 rings (SSSR count). The molecule has 0 fully saturated rings. The molecule has 110 valence electrons. The Hall–Kier alpha value is -2.28. The Morgan fingerprint density at radius 1 is 1.33 bits per heavy atom. The van der Waals surface area contributed by atoms with Gasteiger partial charge in [0.2, 0.25) is 0 Å². The molecule has 2 aromatic rings. The van der Waals surface area contributed by atoms with E-state index in [1.807, 2.05) is 0 Å². The van der Waals surface area contributed by atoms with Gasteiger partial charge in [0.05, 0.1) is 12.0 Å². The lowest BCUT2D eigenvalue weighted by atomic mass is 10.2. The molecule has 7 heteroatoms. The summed E-state index contributed by atoms with van der Waals surface area (Å²) in [5.74, 6) is 0.472. The Labute approximate surface area is 125 Å². The van der Waals surface area contributed by atoms with Crippen LogP contribution in [0.1, 0.15) is 5.56 Å². The van der Waals surface area contributed by atoms with E-state index in [0.29, 0.717) is 27.6 Å². The van der Waals surface area contributed by atoms with Crippen molar-refractivity contribution in [1.29, 1.82) is 0 Å². The summed E-state index contributed by atoms with van der Waals surface area (Å²) in [5, 5.41) is 10.8. The number of thioether (sulfide) groups is 1. The first kappa shape index (κ1) is 15.1. The lowest BCUT2D eigenvalue weighted by molar-refractivity contribution is -0.384. The lowest BCUT2D eigenvalue weighted by Crippen LogP contribution is -1.95. The molecule has 0 amide bonds. The highest BCUT2D eigenvalue weighted by atomic mass is 32.2. The molecule has 0 bridgehead atoms.